The number of piperazine rings is 1. The summed E-state index contributed by atoms with van der Waals surface area (Å²) in [4.78, 5) is 20.5. The summed E-state index contributed by atoms with van der Waals surface area (Å²) in [6.07, 6.45) is 1.80. The van der Waals surface area contributed by atoms with Gasteiger partial charge in [0.2, 0.25) is 0 Å². The summed E-state index contributed by atoms with van der Waals surface area (Å²) in [6.45, 7) is 7.34. The SMILES string of the molecule is Cc1cc([C@H](C(=O)O)N2CCN(Cc3ncccc3C)CC2)ccc1F. The van der Waals surface area contributed by atoms with E-state index in [2.05, 4.69) is 22.9 Å². The van der Waals surface area contributed by atoms with Crippen LogP contribution in [-0.2, 0) is 11.3 Å². The smallest absolute Gasteiger partial charge is 0.325 e. The molecule has 5 nitrogen and oxygen atoms in total. The molecule has 1 aliphatic heterocycles. The number of carboxylic acids is 1. The standard InChI is InChI=1S/C20H24FN3O2/c1-14-4-3-7-22-18(14)13-23-8-10-24(11-9-23)19(20(25)26)16-5-6-17(21)15(2)12-16/h3-7,12,19H,8-11,13H2,1-2H3,(H,25,26)/t19-/m1/s1. The highest BCUT2D eigenvalue weighted by molar-refractivity contribution is 5.75. The largest absolute Gasteiger partial charge is 0.480 e. The minimum Gasteiger partial charge on any atom is -0.480 e. The van der Waals surface area contributed by atoms with E-state index in [1.807, 2.05) is 11.0 Å². The Balaban J connectivity index is 1.67. The Kier molecular flexibility index (Phi) is 5.64. The molecule has 2 aromatic rings. The Morgan fingerprint density at radius 2 is 1.92 bits per heavy atom. The molecule has 1 aromatic carbocycles. The summed E-state index contributed by atoms with van der Waals surface area (Å²) in [5, 5.41) is 9.72. The first-order chi connectivity index (χ1) is 12.5. The molecule has 138 valence electrons. The molecule has 1 atom stereocenters. The summed E-state index contributed by atoms with van der Waals surface area (Å²) in [7, 11) is 0. The van der Waals surface area contributed by atoms with Crippen LogP contribution in [0.5, 0.6) is 0 Å². The molecule has 3 rings (SSSR count). The summed E-state index contributed by atoms with van der Waals surface area (Å²) in [6, 6.07) is 7.80. The van der Waals surface area contributed by atoms with Gasteiger partial charge in [0.05, 0.1) is 5.69 Å². The van der Waals surface area contributed by atoms with Gasteiger partial charge in [-0.15, -0.1) is 0 Å². The highest BCUT2D eigenvalue weighted by Gasteiger charge is 2.30. The van der Waals surface area contributed by atoms with Gasteiger partial charge in [0.25, 0.3) is 0 Å². The Hall–Kier alpha value is -2.31. The normalized spacial score (nSPS) is 17.2. The number of aliphatic carboxylic acids is 1. The highest BCUT2D eigenvalue weighted by atomic mass is 19.1. The van der Waals surface area contributed by atoms with Crippen molar-refractivity contribution in [2.24, 2.45) is 0 Å². The molecule has 0 bridgehead atoms. The van der Waals surface area contributed by atoms with Crippen LogP contribution in [0.3, 0.4) is 0 Å². The number of hydrogen-bond donors (Lipinski definition) is 1. The quantitative estimate of drug-likeness (QED) is 0.892. The van der Waals surface area contributed by atoms with E-state index in [1.165, 1.54) is 11.6 Å². The molecule has 0 saturated carbocycles. The first-order valence-corrected chi connectivity index (χ1v) is 8.81. The molecule has 1 saturated heterocycles. The lowest BCUT2D eigenvalue weighted by Gasteiger charge is -2.37. The fourth-order valence-electron chi connectivity index (χ4n) is 3.42. The molecule has 0 unspecified atom stereocenters. The van der Waals surface area contributed by atoms with E-state index in [1.54, 1.807) is 25.3 Å². The zero-order chi connectivity index (χ0) is 18.7. The zero-order valence-electron chi connectivity index (χ0n) is 15.2. The number of benzene rings is 1. The predicted molar refractivity (Wildman–Crippen MR) is 97.3 cm³/mol. The third-order valence-electron chi connectivity index (χ3n) is 4.99. The van der Waals surface area contributed by atoms with Crippen LogP contribution < -0.4 is 0 Å². The average molecular weight is 357 g/mol. The van der Waals surface area contributed by atoms with E-state index >= 15 is 0 Å². The van der Waals surface area contributed by atoms with Crippen molar-refractivity contribution < 1.29 is 14.3 Å². The Morgan fingerprint density at radius 1 is 1.19 bits per heavy atom. The van der Waals surface area contributed by atoms with Gasteiger partial charge in [-0.25, -0.2) is 4.39 Å². The maximum Gasteiger partial charge on any atom is 0.325 e. The molecule has 0 radical (unpaired) electrons. The van der Waals surface area contributed by atoms with Gasteiger partial charge in [0, 0.05) is 38.9 Å². The van der Waals surface area contributed by atoms with Crippen LogP contribution in [0, 0.1) is 19.7 Å². The van der Waals surface area contributed by atoms with E-state index in [4.69, 9.17) is 0 Å². The van der Waals surface area contributed by atoms with Crippen LogP contribution in [0.2, 0.25) is 0 Å². The maximum absolute atomic E-state index is 13.5. The fourth-order valence-corrected chi connectivity index (χ4v) is 3.42. The number of rotatable bonds is 5. The Labute approximate surface area is 153 Å². The third kappa shape index (κ3) is 4.08. The summed E-state index contributed by atoms with van der Waals surface area (Å²) < 4.78 is 13.5. The van der Waals surface area contributed by atoms with Gasteiger partial charge in [-0.05, 0) is 42.7 Å². The van der Waals surface area contributed by atoms with E-state index in [0.717, 1.165) is 25.3 Å². The molecule has 2 heterocycles. The summed E-state index contributed by atoms with van der Waals surface area (Å²) in [5.41, 5.74) is 3.33. The van der Waals surface area contributed by atoms with Crippen molar-refractivity contribution in [1.29, 1.82) is 0 Å². The molecule has 0 amide bonds. The first kappa shape index (κ1) is 18.5. The van der Waals surface area contributed by atoms with Crippen molar-refractivity contribution >= 4 is 5.97 Å². The second kappa shape index (κ2) is 7.93. The van der Waals surface area contributed by atoms with Gasteiger partial charge in [0.15, 0.2) is 0 Å². The lowest BCUT2D eigenvalue weighted by Crippen LogP contribution is -2.49. The molecular weight excluding hydrogens is 333 g/mol. The lowest BCUT2D eigenvalue weighted by atomic mass is 10.0. The van der Waals surface area contributed by atoms with Crippen molar-refractivity contribution in [3.05, 3.63) is 64.7 Å². The second-order valence-electron chi connectivity index (χ2n) is 6.83. The average Bonchev–Trinajstić information content (AvgIpc) is 2.61. The van der Waals surface area contributed by atoms with Gasteiger partial charge in [-0.3, -0.25) is 19.6 Å². The minimum atomic E-state index is -0.898. The lowest BCUT2D eigenvalue weighted by molar-refractivity contribution is -0.144. The van der Waals surface area contributed by atoms with Gasteiger partial charge in [0.1, 0.15) is 11.9 Å². The van der Waals surface area contributed by atoms with Crippen LogP contribution in [0.4, 0.5) is 4.39 Å². The van der Waals surface area contributed by atoms with Gasteiger partial charge < -0.3 is 5.11 Å². The topological polar surface area (TPSA) is 56.7 Å². The molecule has 6 heteroatoms. The van der Waals surface area contributed by atoms with Crippen LogP contribution in [0.25, 0.3) is 0 Å². The zero-order valence-corrected chi connectivity index (χ0v) is 15.2. The Morgan fingerprint density at radius 3 is 2.54 bits per heavy atom. The van der Waals surface area contributed by atoms with Crippen molar-refractivity contribution in [3.8, 4) is 0 Å². The predicted octanol–water partition coefficient (Wildman–Crippen LogP) is 2.78. The minimum absolute atomic E-state index is 0.312. The van der Waals surface area contributed by atoms with E-state index < -0.39 is 12.0 Å². The van der Waals surface area contributed by atoms with E-state index in [-0.39, 0.29) is 5.82 Å². The van der Waals surface area contributed by atoms with Crippen molar-refractivity contribution in [2.75, 3.05) is 26.2 Å². The molecule has 0 spiro atoms. The molecule has 1 fully saturated rings. The summed E-state index contributed by atoms with van der Waals surface area (Å²) in [5.74, 6) is -1.21. The van der Waals surface area contributed by atoms with E-state index in [0.29, 0.717) is 24.2 Å². The highest BCUT2D eigenvalue weighted by Crippen LogP contribution is 2.25. The molecule has 0 aliphatic carbocycles. The van der Waals surface area contributed by atoms with Crippen molar-refractivity contribution in [1.82, 2.24) is 14.8 Å². The van der Waals surface area contributed by atoms with Gasteiger partial charge in [-0.1, -0.05) is 18.2 Å². The number of nitrogens with zero attached hydrogens (tertiary/aromatic N) is 3. The fraction of sp³-hybridized carbons (Fsp3) is 0.400. The number of carbonyl (C=O) groups is 1. The van der Waals surface area contributed by atoms with Crippen LogP contribution in [0.1, 0.15) is 28.4 Å². The number of halogens is 1. The maximum atomic E-state index is 13.5. The number of carboxylic acid groups (broad SMARTS) is 1. The molecule has 1 N–H and O–H groups in total. The second-order valence-corrected chi connectivity index (χ2v) is 6.83. The monoisotopic (exact) mass is 357 g/mol. The van der Waals surface area contributed by atoms with Crippen LogP contribution in [0.15, 0.2) is 36.5 Å². The Bertz CT molecular complexity index is 788. The van der Waals surface area contributed by atoms with Gasteiger partial charge in [-0.2, -0.15) is 0 Å². The number of hydrogen-bond acceptors (Lipinski definition) is 4. The molecular formula is C20H24FN3O2. The number of pyridine rings is 1. The van der Waals surface area contributed by atoms with Crippen molar-refractivity contribution in [3.63, 3.8) is 0 Å². The van der Waals surface area contributed by atoms with Crippen LogP contribution >= 0.6 is 0 Å². The van der Waals surface area contributed by atoms with Crippen LogP contribution in [-0.4, -0.2) is 52.0 Å². The van der Waals surface area contributed by atoms with Crippen molar-refractivity contribution in [2.45, 2.75) is 26.4 Å². The molecule has 1 aliphatic rings. The number of aryl methyl sites for hydroxylation is 2. The molecule has 1 aromatic heterocycles. The van der Waals surface area contributed by atoms with Gasteiger partial charge >= 0.3 is 5.97 Å². The first-order valence-electron chi connectivity index (χ1n) is 8.81. The number of aromatic nitrogens is 1. The third-order valence-corrected chi connectivity index (χ3v) is 4.99. The van der Waals surface area contributed by atoms with E-state index in [9.17, 15) is 14.3 Å². The summed E-state index contributed by atoms with van der Waals surface area (Å²) >= 11 is 0. The molecule has 26 heavy (non-hydrogen) atoms.